The second kappa shape index (κ2) is 4.23. The molecule has 0 heterocycles. The van der Waals surface area contributed by atoms with E-state index in [-0.39, 0.29) is 18.9 Å². The van der Waals surface area contributed by atoms with Gasteiger partial charge in [-0.25, -0.2) is 22.3 Å². The molecule has 0 aromatic rings. The van der Waals surface area contributed by atoms with Crippen molar-refractivity contribution in [2.24, 2.45) is 5.14 Å². The Balaban J connectivity index is 0. The summed E-state index contributed by atoms with van der Waals surface area (Å²) in [5, 5.41) is 4.23. The number of halogens is 2. The minimum absolute atomic E-state index is 0. The molecule has 0 rings (SSSR count). The summed E-state index contributed by atoms with van der Waals surface area (Å²) in [6, 6.07) is 0. The molecule has 0 amide bonds. The van der Waals surface area contributed by atoms with Gasteiger partial charge in [-0.05, 0) is 0 Å². The monoisotopic (exact) mass is 153 g/mol. The zero-order valence-electron chi connectivity index (χ0n) is 3.84. The van der Waals surface area contributed by atoms with Crippen molar-refractivity contribution in [3.63, 3.8) is 0 Å². The first kappa shape index (κ1) is 12.1. The first-order valence-electron chi connectivity index (χ1n) is 1.70. The van der Waals surface area contributed by atoms with Gasteiger partial charge in [0.15, 0.2) is 0 Å². The number of nitrogens with two attached hydrogens (primary N) is 1. The molecule has 0 aliphatic heterocycles. The van der Waals surface area contributed by atoms with Crippen molar-refractivity contribution in [2.75, 3.05) is 5.75 Å². The fourth-order valence-corrected chi connectivity index (χ4v) is 0.527. The summed E-state index contributed by atoms with van der Waals surface area (Å²) in [6.07, 6.45) is -2.87. The third kappa shape index (κ3) is 11.8. The molecule has 0 fully saturated rings. The quantitative estimate of drug-likeness (QED) is 0.511. The molecule has 0 aliphatic carbocycles. The van der Waals surface area contributed by atoms with E-state index in [1.54, 1.807) is 0 Å². The van der Waals surface area contributed by atoms with E-state index >= 15 is 0 Å². The molecule has 52 valence electrons. The van der Waals surface area contributed by atoms with E-state index in [4.69, 9.17) is 0 Å². The molecule has 9 heavy (non-hydrogen) atoms. The van der Waals surface area contributed by atoms with Gasteiger partial charge in [-0.1, -0.05) is 0 Å². The number of alkyl halides is 2. The molecule has 0 unspecified atom stereocenters. The zero-order chi connectivity index (χ0) is 6.78. The Morgan fingerprint density at radius 2 is 1.78 bits per heavy atom. The molecule has 3 nitrogen and oxygen atoms in total. The number of hydrogen-bond acceptors (Lipinski definition) is 2. The molecular formula is C2H6F2LiNO2S. The molecule has 0 bridgehead atoms. The van der Waals surface area contributed by atoms with E-state index in [9.17, 15) is 17.2 Å². The molecule has 2 N–H and O–H groups in total. The van der Waals surface area contributed by atoms with Crippen molar-refractivity contribution >= 4 is 28.9 Å². The summed E-state index contributed by atoms with van der Waals surface area (Å²) in [5.41, 5.74) is 0. The van der Waals surface area contributed by atoms with Gasteiger partial charge in [-0.3, -0.25) is 0 Å². The normalized spacial score (nSPS) is 11.1. The molecule has 0 radical (unpaired) electrons. The van der Waals surface area contributed by atoms with Gasteiger partial charge in [-0.2, -0.15) is 0 Å². The van der Waals surface area contributed by atoms with Crippen molar-refractivity contribution in [3.05, 3.63) is 0 Å². The van der Waals surface area contributed by atoms with E-state index in [0.29, 0.717) is 0 Å². The van der Waals surface area contributed by atoms with Crippen molar-refractivity contribution < 1.29 is 17.2 Å². The SMILES string of the molecule is NS(=O)(=O)CC(F)F.[LiH]. The molecule has 0 aromatic heterocycles. The summed E-state index contributed by atoms with van der Waals surface area (Å²) in [4.78, 5) is 0. The van der Waals surface area contributed by atoms with Gasteiger partial charge in [0.2, 0.25) is 10.0 Å². The Hall–Kier alpha value is 0.367. The van der Waals surface area contributed by atoms with Crippen LogP contribution >= 0.6 is 0 Å². The summed E-state index contributed by atoms with van der Waals surface area (Å²) in [6.45, 7) is 0. The van der Waals surface area contributed by atoms with Crippen LogP contribution in [-0.4, -0.2) is 39.5 Å². The van der Waals surface area contributed by atoms with Gasteiger partial charge in [0, 0.05) is 0 Å². The van der Waals surface area contributed by atoms with E-state index in [1.165, 1.54) is 0 Å². The van der Waals surface area contributed by atoms with Crippen molar-refractivity contribution in [2.45, 2.75) is 6.43 Å². The average Bonchev–Trinajstić information content (AvgIpc) is 1.21. The van der Waals surface area contributed by atoms with Gasteiger partial charge >= 0.3 is 18.9 Å². The fraction of sp³-hybridized carbons (Fsp3) is 1.00. The third-order valence-corrected chi connectivity index (χ3v) is 1.07. The van der Waals surface area contributed by atoms with Crippen LogP contribution in [-0.2, 0) is 10.0 Å². The van der Waals surface area contributed by atoms with E-state index < -0.39 is 22.2 Å². The van der Waals surface area contributed by atoms with E-state index in [2.05, 4.69) is 5.14 Å². The summed E-state index contributed by atoms with van der Waals surface area (Å²) in [5.74, 6) is -1.26. The van der Waals surface area contributed by atoms with Crippen molar-refractivity contribution in [3.8, 4) is 0 Å². The minimum atomic E-state index is -3.97. The summed E-state index contributed by atoms with van der Waals surface area (Å²) >= 11 is 0. The maximum atomic E-state index is 11.1. The average molecular weight is 153 g/mol. The standard InChI is InChI=1S/C2H5F2NO2S.Li.H/c3-2(4)1-8(5,6)7;;/h2H,1H2,(H2,5,6,7);;. The molecule has 0 spiro atoms. The topological polar surface area (TPSA) is 60.2 Å². The molecule has 0 saturated carbocycles. The Morgan fingerprint density at radius 3 is 1.78 bits per heavy atom. The predicted octanol–water partition coefficient (Wildman–Crippen LogP) is -1.11. The Morgan fingerprint density at radius 1 is 1.44 bits per heavy atom. The van der Waals surface area contributed by atoms with E-state index in [1.807, 2.05) is 0 Å². The first-order chi connectivity index (χ1) is 3.42. The van der Waals surface area contributed by atoms with Crippen LogP contribution in [0.2, 0.25) is 0 Å². The Labute approximate surface area is 63.8 Å². The molecule has 0 aromatic carbocycles. The zero-order valence-corrected chi connectivity index (χ0v) is 4.66. The Kier molecular flexibility index (Phi) is 5.67. The van der Waals surface area contributed by atoms with Gasteiger partial charge in [0.05, 0.1) is 0 Å². The van der Waals surface area contributed by atoms with Gasteiger partial charge in [-0.15, -0.1) is 0 Å². The number of primary sulfonamides is 1. The van der Waals surface area contributed by atoms with Gasteiger partial charge in [0.1, 0.15) is 5.75 Å². The fourth-order valence-electron chi connectivity index (χ4n) is 0.176. The molecule has 0 atom stereocenters. The second-order valence-electron chi connectivity index (χ2n) is 1.22. The van der Waals surface area contributed by atoms with E-state index in [0.717, 1.165) is 0 Å². The number of hydrogen-bond donors (Lipinski definition) is 1. The van der Waals surface area contributed by atoms with Gasteiger partial charge < -0.3 is 0 Å². The van der Waals surface area contributed by atoms with Crippen LogP contribution < -0.4 is 5.14 Å². The molecular weight excluding hydrogens is 147 g/mol. The van der Waals surface area contributed by atoms with Gasteiger partial charge in [0.25, 0.3) is 6.43 Å². The van der Waals surface area contributed by atoms with Crippen LogP contribution in [0, 0.1) is 0 Å². The van der Waals surface area contributed by atoms with Crippen LogP contribution in [0.4, 0.5) is 8.78 Å². The summed E-state index contributed by atoms with van der Waals surface area (Å²) in [7, 11) is -3.97. The number of sulfonamides is 1. The second-order valence-corrected chi connectivity index (χ2v) is 2.88. The van der Waals surface area contributed by atoms with Crippen LogP contribution in [0.5, 0.6) is 0 Å². The van der Waals surface area contributed by atoms with Crippen LogP contribution in [0.25, 0.3) is 0 Å². The Bertz CT molecular complexity index is 156. The summed E-state index contributed by atoms with van der Waals surface area (Å²) < 4.78 is 41.6. The van der Waals surface area contributed by atoms with Crippen molar-refractivity contribution in [1.82, 2.24) is 0 Å². The first-order valence-corrected chi connectivity index (χ1v) is 3.42. The van der Waals surface area contributed by atoms with Crippen LogP contribution in [0.1, 0.15) is 0 Å². The van der Waals surface area contributed by atoms with Crippen LogP contribution in [0.15, 0.2) is 0 Å². The maximum absolute atomic E-state index is 11.1. The molecule has 0 aliphatic rings. The van der Waals surface area contributed by atoms with Crippen molar-refractivity contribution in [1.29, 1.82) is 0 Å². The number of rotatable bonds is 2. The van der Waals surface area contributed by atoms with Crippen LogP contribution in [0.3, 0.4) is 0 Å². The molecule has 7 heteroatoms. The predicted molar refractivity (Wildman–Crippen MR) is 31.1 cm³/mol. The molecule has 0 saturated heterocycles. The third-order valence-electron chi connectivity index (χ3n) is 0.358.